The first-order valence-electron chi connectivity index (χ1n) is 9.89. The Morgan fingerprint density at radius 1 is 1.16 bits per heavy atom. The van der Waals surface area contributed by atoms with E-state index in [1.54, 1.807) is 24.3 Å². The number of carbonyl (C=O) groups is 1. The van der Waals surface area contributed by atoms with E-state index in [1.165, 1.54) is 6.92 Å². The lowest BCUT2D eigenvalue weighted by Crippen LogP contribution is -2.47. The van der Waals surface area contributed by atoms with Gasteiger partial charge in [0.05, 0.1) is 29.8 Å². The monoisotopic (exact) mass is 543 g/mol. The number of hydrogen-bond acceptors (Lipinski definition) is 7. The van der Waals surface area contributed by atoms with Crippen LogP contribution in [0.25, 0.3) is 0 Å². The molecule has 8 nitrogen and oxygen atoms in total. The number of guanidine groups is 1. The fraction of sp³-hybridized carbons (Fsp3) is 0.261. The third-order valence-corrected chi connectivity index (χ3v) is 4.58. The lowest BCUT2D eigenvalue weighted by atomic mass is 10.1. The molecule has 1 aliphatic rings. The molecule has 0 aliphatic carbocycles. The molecule has 3 rings (SSSR count). The maximum Gasteiger partial charge on any atom is 0.302 e. The first kappa shape index (κ1) is 24.8. The molecule has 1 heterocycles. The van der Waals surface area contributed by atoms with E-state index in [9.17, 15) is 4.79 Å². The van der Waals surface area contributed by atoms with Crippen LogP contribution in [0.1, 0.15) is 29.2 Å². The Kier molecular flexibility index (Phi) is 9.64. The number of hydrazine groups is 1. The maximum atomic E-state index is 11.3. The minimum atomic E-state index is -0.337. The van der Waals surface area contributed by atoms with E-state index in [-0.39, 0.29) is 36.6 Å². The third-order valence-electron chi connectivity index (χ3n) is 4.58. The summed E-state index contributed by atoms with van der Waals surface area (Å²) in [6.45, 7) is 3.91. The van der Waals surface area contributed by atoms with Gasteiger partial charge in [-0.1, -0.05) is 12.1 Å². The fourth-order valence-electron chi connectivity index (χ4n) is 3.08. The lowest BCUT2D eigenvalue weighted by Gasteiger charge is -2.21. The highest BCUT2D eigenvalue weighted by molar-refractivity contribution is 14.0. The van der Waals surface area contributed by atoms with E-state index in [0.717, 1.165) is 17.7 Å². The first-order chi connectivity index (χ1) is 15.1. The van der Waals surface area contributed by atoms with Gasteiger partial charge in [-0.25, -0.2) is 4.99 Å². The second-order valence-corrected chi connectivity index (χ2v) is 6.86. The third kappa shape index (κ3) is 7.06. The number of benzene rings is 2. The van der Waals surface area contributed by atoms with Crippen LogP contribution in [-0.2, 0) is 16.1 Å². The van der Waals surface area contributed by atoms with Gasteiger partial charge in [0.15, 0.2) is 6.54 Å². The molecule has 2 aromatic rings. The average molecular weight is 543 g/mol. The topological polar surface area (TPSA) is 105 Å². The standard InChI is InChI=1S/C23H23N6O2.HI/c1-18(30)31-13-12-29(23-26-10-11-27-23)28(16-21-6-2-19(14-24)3-7-21)17-22-8-4-20(15-25)5-9-22;/h2-9,16H,10-13,17H2,1H3,(H,26,27);1H/q+1;/b28-16-;. The molecule has 0 saturated carbocycles. The van der Waals surface area contributed by atoms with Gasteiger partial charge in [0.2, 0.25) is 6.21 Å². The molecular formula is C23H24IN6O2+. The molecule has 2 aromatic carbocycles. The van der Waals surface area contributed by atoms with Gasteiger partial charge in [-0.3, -0.25) is 4.79 Å². The van der Waals surface area contributed by atoms with Crippen molar-refractivity contribution in [1.29, 1.82) is 10.5 Å². The summed E-state index contributed by atoms with van der Waals surface area (Å²) in [7, 11) is 0. The van der Waals surface area contributed by atoms with Gasteiger partial charge >= 0.3 is 5.97 Å². The molecule has 0 radical (unpaired) electrons. The molecule has 164 valence electrons. The van der Waals surface area contributed by atoms with Gasteiger partial charge < -0.3 is 10.1 Å². The highest BCUT2D eigenvalue weighted by Crippen LogP contribution is 2.09. The van der Waals surface area contributed by atoms with Gasteiger partial charge in [-0.05, 0) is 36.4 Å². The first-order valence-corrected chi connectivity index (χ1v) is 9.89. The van der Waals surface area contributed by atoms with Crippen LogP contribution in [0.5, 0.6) is 0 Å². The number of halogens is 1. The number of rotatable bonds is 7. The summed E-state index contributed by atoms with van der Waals surface area (Å²) in [5.41, 5.74) is 3.09. The number of hydrogen-bond donors (Lipinski definition) is 1. The SMILES string of the molecule is CC(=O)OCCN(C1=NCCN1)/[N+](=C\c1ccc(C#N)cc1)Cc1ccc(C#N)cc1.I. The zero-order chi connectivity index (χ0) is 22.1. The Labute approximate surface area is 204 Å². The highest BCUT2D eigenvalue weighted by Gasteiger charge is 2.25. The van der Waals surface area contributed by atoms with E-state index in [2.05, 4.69) is 22.4 Å². The second-order valence-electron chi connectivity index (χ2n) is 6.86. The molecule has 9 heteroatoms. The number of esters is 1. The number of nitriles is 2. The van der Waals surface area contributed by atoms with Gasteiger partial charge in [-0.2, -0.15) is 10.5 Å². The molecule has 0 amide bonds. The highest BCUT2D eigenvalue weighted by atomic mass is 127. The van der Waals surface area contributed by atoms with Crippen molar-refractivity contribution in [3.8, 4) is 12.1 Å². The van der Waals surface area contributed by atoms with E-state index < -0.39 is 0 Å². The number of carbonyl (C=O) groups excluding carboxylic acids is 1. The minimum Gasteiger partial charge on any atom is -0.464 e. The molecule has 1 aliphatic heterocycles. The van der Waals surface area contributed by atoms with Crippen LogP contribution in [0.4, 0.5) is 0 Å². The summed E-state index contributed by atoms with van der Waals surface area (Å²) in [6, 6.07) is 18.9. The van der Waals surface area contributed by atoms with Crippen molar-refractivity contribution in [3.63, 3.8) is 0 Å². The molecule has 0 bridgehead atoms. The molecule has 0 saturated heterocycles. The zero-order valence-corrected chi connectivity index (χ0v) is 20.0. The number of aliphatic imine (C=N–C) groups is 1. The predicted octanol–water partition coefficient (Wildman–Crippen LogP) is 2.42. The van der Waals surface area contributed by atoms with Crippen molar-refractivity contribution in [2.45, 2.75) is 13.5 Å². The maximum absolute atomic E-state index is 11.3. The molecule has 32 heavy (non-hydrogen) atoms. The summed E-state index contributed by atoms with van der Waals surface area (Å²) in [6.07, 6.45) is 1.95. The molecule has 0 aromatic heterocycles. The van der Waals surface area contributed by atoms with Crippen molar-refractivity contribution in [3.05, 3.63) is 70.8 Å². The van der Waals surface area contributed by atoms with Crippen LogP contribution in [0.15, 0.2) is 53.5 Å². The summed E-state index contributed by atoms with van der Waals surface area (Å²) in [5, 5.41) is 23.3. The number of nitrogens with zero attached hydrogens (tertiary/aromatic N) is 5. The van der Waals surface area contributed by atoms with E-state index in [0.29, 0.717) is 36.7 Å². The van der Waals surface area contributed by atoms with Gasteiger partial charge in [-0.15, -0.1) is 33.7 Å². The summed E-state index contributed by atoms with van der Waals surface area (Å²) >= 11 is 0. The van der Waals surface area contributed by atoms with Gasteiger partial charge in [0, 0.05) is 24.6 Å². The normalized spacial score (nSPS) is 12.5. The van der Waals surface area contributed by atoms with E-state index in [1.807, 2.05) is 40.2 Å². The second kappa shape index (κ2) is 12.4. The molecule has 0 spiro atoms. The molecule has 0 atom stereocenters. The minimum absolute atomic E-state index is 0. The Morgan fingerprint density at radius 3 is 2.31 bits per heavy atom. The fourth-order valence-corrected chi connectivity index (χ4v) is 3.08. The molecular weight excluding hydrogens is 519 g/mol. The van der Waals surface area contributed by atoms with E-state index in [4.69, 9.17) is 15.3 Å². The largest absolute Gasteiger partial charge is 0.464 e. The van der Waals surface area contributed by atoms with Crippen LogP contribution in [-0.4, -0.2) is 54.1 Å². The average Bonchev–Trinajstić information content (AvgIpc) is 3.32. The van der Waals surface area contributed by atoms with Crippen molar-refractivity contribution < 1.29 is 14.2 Å². The van der Waals surface area contributed by atoms with Crippen molar-refractivity contribution in [2.24, 2.45) is 4.99 Å². The van der Waals surface area contributed by atoms with Crippen molar-refractivity contribution in [2.75, 3.05) is 26.2 Å². The molecule has 1 N–H and O–H groups in total. The Morgan fingerprint density at radius 2 is 1.78 bits per heavy atom. The van der Waals surface area contributed by atoms with Gasteiger partial charge in [0.25, 0.3) is 5.96 Å². The van der Waals surface area contributed by atoms with Crippen LogP contribution >= 0.6 is 24.0 Å². The van der Waals surface area contributed by atoms with E-state index >= 15 is 0 Å². The van der Waals surface area contributed by atoms with Crippen LogP contribution in [0.2, 0.25) is 0 Å². The van der Waals surface area contributed by atoms with Crippen LogP contribution in [0.3, 0.4) is 0 Å². The molecule has 0 fully saturated rings. The summed E-state index contributed by atoms with van der Waals surface area (Å²) < 4.78 is 7.16. The Balaban J connectivity index is 0.00000363. The number of hydrazone groups is 1. The smallest absolute Gasteiger partial charge is 0.302 e. The predicted molar refractivity (Wildman–Crippen MR) is 131 cm³/mol. The van der Waals surface area contributed by atoms with Crippen molar-refractivity contribution >= 4 is 42.1 Å². The van der Waals surface area contributed by atoms with Crippen LogP contribution < -0.4 is 5.32 Å². The number of nitrogens with one attached hydrogen (secondary N) is 1. The lowest BCUT2D eigenvalue weighted by molar-refractivity contribution is -0.676. The van der Waals surface area contributed by atoms with Crippen LogP contribution in [0, 0.1) is 22.7 Å². The van der Waals surface area contributed by atoms with Gasteiger partial charge in [0.1, 0.15) is 13.2 Å². The van der Waals surface area contributed by atoms with Crippen molar-refractivity contribution in [1.82, 2.24) is 10.3 Å². The molecule has 0 unspecified atom stereocenters. The Hall–Kier alpha value is -3.44. The summed E-state index contributed by atoms with van der Waals surface area (Å²) in [4.78, 5) is 15.8. The zero-order valence-electron chi connectivity index (χ0n) is 17.7. The summed E-state index contributed by atoms with van der Waals surface area (Å²) in [5.74, 6) is 0.363. The quantitative estimate of drug-likeness (QED) is 0.189. The Bertz CT molecular complexity index is 1070. The number of ether oxygens (including phenoxy) is 1.